The van der Waals surface area contributed by atoms with E-state index in [9.17, 15) is 9.59 Å². The monoisotopic (exact) mass is 773 g/mol. The largest absolute Gasteiger partial charge is 0.462 e. The highest BCUT2D eigenvalue weighted by molar-refractivity contribution is 5.70. The minimum atomic E-state index is -0.598. The second-order valence-electron chi connectivity index (χ2n) is 13.8. The first-order chi connectivity index (χ1) is 27.6. The van der Waals surface area contributed by atoms with Crippen molar-refractivity contribution in [1.29, 1.82) is 0 Å². The standard InChI is InChI=1S/C51H80O5/c1-4-7-10-13-16-19-22-25-28-31-34-37-40-43-46-54-47-49(56-51(53)45-42-39-36-33-30-27-24-21-18-15-12-9-6-3)48-55-50(52)44-41-38-35-32-29-26-23-20-17-14-11-8-5-2/h7-12,16-21,25-30,34,37,49H,4-6,13-15,22-24,31-33,35-36,38-48H2,1-3H3/b10-7-,11-8-,12-9-,19-16-,20-17-,21-18-,28-25-,29-26-,30-27-,37-34-. The van der Waals surface area contributed by atoms with Crippen LogP contribution in [0.1, 0.15) is 162 Å². The highest BCUT2D eigenvalue weighted by Gasteiger charge is 2.17. The van der Waals surface area contributed by atoms with Crippen molar-refractivity contribution < 1.29 is 23.8 Å². The van der Waals surface area contributed by atoms with E-state index >= 15 is 0 Å². The molecule has 0 aliphatic heterocycles. The second-order valence-corrected chi connectivity index (χ2v) is 13.8. The number of hydrogen-bond acceptors (Lipinski definition) is 5. The van der Waals surface area contributed by atoms with Crippen LogP contribution < -0.4 is 0 Å². The van der Waals surface area contributed by atoms with Crippen molar-refractivity contribution in [3.8, 4) is 0 Å². The summed E-state index contributed by atoms with van der Waals surface area (Å²) in [5.41, 5.74) is 0. The Labute approximate surface area is 344 Å². The van der Waals surface area contributed by atoms with E-state index in [0.717, 1.165) is 128 Å². The maximum Gasteiger partial charge on any atom is 0.306 e. The maximum absolute atomic E-state index is 12.7. The first kappa shape index (κ1) is 52.3. The number of carbonyl (C=O) groups excluding carboxylic acids is 2. The Morgan fingerprint density at radius 1 is 0.393 bits per heavy atom. The average molecular weight is 773 g/mol. The minimum absolute atomic E-state index is 0.0278. The minimum Gasteiger partial charge on any atom is -0.462 e. The van der Waals surface area contributed by atoms with Crippen molar-refractivity contribution in [2.75, 3.05) is 19.8 Å². The Kier molecular flexibility index (Phi) is 42.7. The number of hydrogen-bond donors (Lipinski definition) is 0. The normalized spacial score (nSPS) is 13.4. The molecule has 0 aromatic heterocycles. The molecule has 56 heavy (non-hydrogen) atoms. The average Bonchev–Trinajstić information content (AvgIpc) is 3.20. The molecule has 0 saturated heterocycles. The summed E-state index contributed by atoms with van der Waals surface area (Å²) < 4.78 is 17.2. The Bertz CT molecular complexity index is 1190. The van der Waals surface area contributed by atoms with Gasteiger partial charge >= 0.3 is 11.9 Å². The fraction of sp³-hybridized carbons (Fsp3) is 0.569. The third-order valence-electron chi connectivity index (χ3n) is 8.47. The third kappa shape index (κ3) is 43.0. The Hall–Kier alpha value is -3.70. The van der Waals surface area contributed by atoms with E-state index in [0.29, 0.717) is 19.4 Å². The molecule has 0 radical (unpaired) electrons. The van der Waals surface area contributed by atoms with Crippen LogP contribution in [-0.2, 0) is 23.8 Å². The lowest BCUT2D eigenvalue weighted by Crippen LogP contribution is -2.30. The van der Waals surface area contributed by atoms with Gasteiger partial charge in [-0.1, -0.05) is 155 Å². The maximum atomic E-state index is 12.7. The molecule has 0 N–H and O–H groups in total. The molecule has 5 nitrogen and oxygen atoms in total. The van der Waals surface area contributed by atoms with Crippen molar-refractivity contribution in [1.82, 2.24) is 0 Å². The van der Waals surface area contributed by atoms with Gasteiger partial charge < -0.3 is 14.2 Å². The molecule has 0 rings (SSSR count). The van der Waals surface area contributed by atoms with Crippen molar-refractivity contribution in [3.05, 3.63) is 122 Å². The van der Waals surface area contributed by atoms with Gasteiger partial charge in [0.1, 0.15) is 6.61 Å². The predicted molar refractivity (Wildman–Crippen MR) is 242 cm³/mol. The predicted octanol–water partition coefficient (Wildman–Crippen LogP) is 14.7. The Balaban J connectivity index is 4.48. The zero-order valence-electron chi connectivity index (χ0n) is 35.8. The molecular formula is C51H80O5. The van der Waals surface area contributed by atoms with Crippen LogP contribution in [0.4, 0.5) is 0 Å². The molecule has 0 amide bonds. The Morgan fingerprint density at radius 3 is 1.16 bits per heavy atom. The Morgan fingerprint density at radius 2 is 0.750 bits per heavy atom. The van der Waals surface area contributed by atoms with Gasteiger partial charge in [0, 0.05) is 19.4 Å². The van der Waals surface area contributed by atoms with Gasteiger partial charge in [0.2, 0.25) is 0 Å². The SMILES string of the molecule is CC/C=C\C/C=C\C/C=C\C/C=C\CCCOCC(COC(=O)CCCCC/C=C\C/C=C\C/C=C\CC)OC(=O)CCCCC/C=C\C/C=C\C/C=C\CC. The van der Waals surface area contributed by atoms with Gasteiger partial charge in [-0.3, -0.25) is 9.59 Å². The molecule has 0 aliphatic rings. The van der Waals surface area contributed by atoms with Crippen molar-refractivity contribution in [3.63, 3.8) is 0 Å². The van der Waals surface area contributed by atoms with Gasteiger partial charge in [0.05, 0.1) is 6.61 Å². The van der Waals surface area contributed by atoms with E-state index in [4.69, 9.17) is 14.2 Å². The van der Waals surface area contributed by atoms with Crippen LogP contribution in [0.3, 0.4) is 0 Å². The zero-order chi connectivity index (χ0) is 40.7. The van der Waals surface area contributed by atoms with Gasteiger partial charge in [0.25, 0.3) is 0 Å². The van der Waals surface area contributed by atoms with E-state index in [1.54, 1.807) is 0 Å². The van der Waals surface area contributed by atoms with E-state index in [1.165, 1.54) is 0 Å². The summed E-state index contributed by atoms with van der Waals surface area (Å²) in [6.07, 6.45) is 63.5. The molecule has 314 valence electrons. The summed E-state index contributed by atoms with van der Waals surface area (Å²) in [6, 6.07) is 0. The highest BCUT2D eigenvalue weighted by Crippen LogP contribution is 2.10. The van der Waals surface area contributed by atoms with Crippen LogP contribution in [-0.4, -0.2) is 37.9 Å². The topological polar surface area (TPSA) is 61.8 Å². The van der Waals surface area contributed by atoms with E-state index < -0.39 is 6.10 Å². The molecule has 0 aromatic rings. The first-order valence-corrected chi connectivity index (χ1v) is 22.1. The van der Waals surface area contributed by atoms with Crippen molar-refractivity contribution in [2.24, 2.45) is 0 Å². The molecule has 0 aromatic carbocycles. The highest BCUT2D eigenvalue weighted by atomic mass is 16.6. The molecule has 1 atom stereocenters. The molecule has 5 heteroatoms. The smallest absolute Gasteiger partial charge is 0.306 e. The number of carbonyl (C=O) groups is 2. The summed E-state index contributed by atoms with van der Waals surface area (Å²) >= 11 is 0. The molecule has 0 spiro atoms. The van der Waals surface area contributed by atoms with Crippen LogP contribution in [0.5, 0.6) is 0 Å². The number of allylic oxidation sites excluding steroid dienone is 20. The first-order valence-electron chi connectivity index (χ1n) is 22.1. The van der Waals surface area contributed by atoms with Crippen LogP contribution in [0.15, 0.2) is 122 Å². The lowest BCUT2D eigenvalue weighted by atomic mass is 10.1. The van der Waals surface area contributed by atoms with Crippen molar-refractivity contribution in [2.45, 2.75) is 168 Å². The zero-order valence-corrected chi connectivity index (χ0v) is 35.8. The summed E-state index contributed by atoms with van der Waals surface area (Å²) in [5.74, 6) is -0.510. The number of rotatable bonds is 38. The summed E-state index contributed by atoms with van der Waals surface area (Å²) in [7, 11) is 0. The lowest BCUT2D eigenvalue weighted by molar-refractivity contribution is -0.163. The molecule has 0 saturated carbocycles. The van der Waals surface area contributed by atoms with Crippen LogP contribution in [0, 0.1) is 0 Å². The second kappa shape index (κ2) is 45.7. The van der Waals surface area contributed by atoms with Crippen molar-refractivity contribution >= 4 is 11.9 Å². The van der Waals surface area contributed by atoms with E-state index in [-0.39, 0.29) is 25.2 Å². The lowest BCUT2D eigenvalue weighted by Gasteiger charge is -2.18. The van der Waals surface area contributed by atoms with Crippen LogP contribution in [0.2, 0.25) is 0 Å². The van der Waals surface area contributed by atoms with Gasteiger partial charge in [-0.15, -0.1) is 0 Å². The fourth-order valence-corrected chi connectivity index (χ4v) is 5.30. The molecular weight excluding hydrogens is 693 g/mol. The van der Waals surface area contributed by atoms with Gasteiger partial charge in [-0.25, -0.2) is 0 Å². The number of ether oxygens (including phenoxy) is 3. The van der Waals surface area contributed by atoms with Gasteiger partial charge in [-0.05, 0) is 116 Å². The van der Waals surface area contributed by atoms with Gasteiger partial charge in [0.15, 0.2) is 6.10 Å². The third-order valence-corrected chi connectivity index (χ3v) is 8.47. The van der Waals surface area contributed by atoms with E-state index in [2.05, 4.69) is 142 Å². The fourth-order valence-electron chi connectivity index (χ4n) is 5.30. The number of esters is 2. The van der Waals surface area contributed by atoms with Crippen LogP contribution >= 0.6 is 0 Å². The number of unbranched alkanes of at least 4 members (excludes halogenated alkanes) is 7. The van der Waals surface area contributed by atoms with Gasteiger partial charge in [-0.2, -0.15) is 0 Å². The molecule has 1 unspecified atom stereocenters. The summed E-state index contributed by atoms with van der Waals surface area (Å²) in [4.78, 5) is 25.2. The molecule has 0 fully saturated rings. The molecule has 0 bridgehead atoms. The quantitative estimate of drug-likeness (QED) is 0.0355. The van der Waals surface area contributed by atoms with E-state index in [1.807, 2.05) is 0 Å². The molecule has 0 heterocycles. The van der Waals surface area contributed by atoms with Crippen LogP contribution in [0.25, 0.3) is 0 Å². The molecule has 0 aliphatic carbocycles. The summed E-state index contributed by atoms with van der Waals surface area (Å²) in [5, 5.41) is 0. The summed E-state index contributed by atoms with van der Waals surface area (Å²) in [6.45, 7) is 7.24.